The van der Waals surface area contributed by atoms with Crippen LogP contribution in [0.5, 0.6) is 11.5 Å². The van der Waals surface area contributed by atoms with Crippen molar-refractivity contribution in [1.29, 1.82) is 5.26 Å². The number of hydrogen-bond acceptors (Lipinski definition) is 4. The maximum atomic E-state index is 8.98. The van der Waals surface area contributed by atoms with Crippen molar-refractivity contribution in [2.75, 3.05) is 7.11 Å². The van der Waals surface area contributed by atoms with Crippen LogP contribution in [0.15, 0.2) is 30.5 Å². The SMILES string of the molecule is CCC(C)n1ccc(COc2cc(C#N)cc(OC)c2)n1. The lowest BCUT2D eigenvalue weighted by Gasteiger charge is -2.09. The van der Waals surface area contributed by atoms with E-state index in [0.717, 1.165) is 12.1 Å². The Hall–Kier alpha value is -2.48. The number of rotatable bonds is 6. The number of nitriles is 1. The van der Waals surface area contributed by atoms with Crippen molar-refractivity contribution in [2.45, 2.75) is 32.9 Å². The van der Waals surface area contributed by atoms with Crippen LogP contribution in [0, 0.1) is 11.3 Å². The second-order valence-electron chi connectivity index (χ2n) is 4.84. The van der Waals surface area contributed by atoms with Crippen molar-refractivity contribution in [3.05, 3.63) is 41.7 Å². The second kappa shape index (κ2) is 6.80. The fraction of sp³-hybridized carbons (Fsp3) is 0.375. The summed E-state index contributed by atoms with van der Waals surface area (Å²) in [5.74, 6) is 1.21. The van der Waals surface area contributed by atoms with Crippen molar-refractivity contribution < 1.29 is 9.47 Å². The molecule has 1 heterocycles. The molecule has 1 unspecified atom stereocenters. The molecule has 0 fully saturated rings. The van der Waals surface area contributed by atoms with Gasteiger partial charge in [0, 0.05) is 18.3 Å². The van der Waals surface area contributed by atoms with Crippen molar-refractivity contribution in [3.8, 4) is 17.6 Å². The van der Waals surface area contributed by atoms with Gasteiger partial charge < -0.3 is 9.47 Å². The first-order chi connectivity index (χ1) is 10.2. The summed E-state index contributed by atoms with van der Waals surface area (Å²) in [5, 5.41) is 13.5. The smallest absolute Gasteiger partial charge is 0.132 e. The van der Waals surface area contributed by atoms with Gasteiger partial charge in [0.1, 0.15) is 18.1 Å². The molecule has 0 N–H and O–H groups in total. The molecular weight excluding hydrogens is 266 g/mol. The average Bonchev–Trinajstić information content (AvgIpc) is 3.00. The van der Waals surface area contributed by atoms with E-state index >= 15 is 0 Å². The minimum atomic E-state index is 0.363. The van der Waals surface area contributed by atoms with Crippen LogP contribution in [0.25, 0.3) is 0 Å². The normalized spacial score (nSPS) is 11.7. The van der Waals surface area contributed by atoms with Crippen LogP contribution in [-0.2, 0) is 6.61 Å². The van der Waals surface area contributed by atoms with Crippen LogP contribution in [0.2, 0.25) is 0 Å². The summed E-state index contributed by atoms with van der Waals surface area (Å²) >= 11 is 0. The molecule has 110 valence electrons. The molecule has 0 saturated heterocycles. The van der Waals surface area contributed by atoms with Crippen molar-refractivity contribution >= 4 is 0 Å². The van der Waals surface area contributed by atoms with Crippen LogP contribution < -0.4 is 9.47 Å². The second-order valence-corrected chi connectivity index (χ2v) is 4.84. The Balaban J connectivity index is 2.06. The highest BCUT2D eigenvalue weighted by molar-refractivity contribution is 5.43. The minimum absolute atomic E-state index is 0.363. The molecule has 5 heteroatoms. The van der Waals surface area contributed by atoms with Gasteiger partial charge in [-0.15, -0.1) is 0 Å². The quantitative estimate of drug-likeness (QED) is 0.817. The Morgan fingerprint density at radius 1 is 1.33 bits per heavy atom. The summed E-state index contributed by atoms with van der Waals surface area (Å²) in [6, 6.07) is 9.52. The zero-order chi connectivity index (χ0) is 15.2. The molecule has 1 aromatic carbocycles. The summed E-state index contributed by atoms with van der Waals surface area (Å²) < 4.78 is 12.8. The molecule has 2 aromatic rings. The highest BCUT2D eigenvalue weighted by Gasteiger charge is 2.06. The highest BCUT2D eigenvalue weighted by atomic mass is 16.5. The number of nitrogens with zero attached hydrogens (tertiary/aromatic N) is 3. The zero-order valence-electron chi connectivity index (χ0n) is 12.5. The fourth-order valence-electron chi connectivity index (χ4n) is 1.88. The molecule has 2 rings (SSSR count). The molecule has 0 aliphatic rings. The predicted molar refractivity (Wildman–Crippen MR) is 79.3 cm³/mol. The third kappa shape index (κ3) is 3.76. The molecular formula is C16H19N3O2. The van der Waals surface area contributed by atoms with E-state index in [1.807, 2.05) is 16.9 Å². The van der Waals surface area contributed by atoms with Gasteiger partial charge in [0.05, 0.1) is 24.4 Å². The Morgan fingerprint density at radius 2 is 2.10 bits per heavy atom. The molecule has 21 heavy (non-hydrogen) atoms. The standard InChI is InChI=1S/C16H19N3O2/c1-4-12(2)19-6-5-14(18-19)11-21-16-8-13(10-17)7-15(9-16)20-3/h5-9,12H,4,11H2,1-3H3. The van der Waals surface area contributed by atoms with E-state index in [4.69, 9.17) is 14.7 Å². The van der Waals surface area contributed by atoms with Gasteiger partial charge in [0.2, 0.25) is 0 Å². The third-order valence-electron chi connectivity index (χ3n) is 3.34. The van der Waals surface area contributed by atoms with E-state index in [2.05, 4.69) is 25.0 Å². The monoisotopic (exact) mass is 285 g/mol. The van der Waals surface area contributed by atoms with Crippen molar-refractivity contribution in [2.24, 2.45) is 0 Å². The molecule has 0 amide bonds. The molecule has 0 saturated carbocycles. The van der Waals surface area contributed by atoms with Crippen LogP contribution in [0.4, 0.5) is 0 Å². The van der Waals surface area contributed by atoms with Gasteiger partial charge in [-0.25, -0.2) is 0 Å². The van der Waals surface area contributed by atoms with Gasteiger partial charge >= 0.3 is 0 Å². The summed E-state index contributed by atoms with van der Waals surface area (Å²) in [6.07, 6.45) is 2.99. The van der Waals surface area contributed by atoms with Crippen LogP contribution in [0.1, 0.15) is 37.6 Å². The Kier molecular flexibility index (Phi) is 4.83. The first-order valence-corrected chi connectivity index (χ1v) is 6.92. The average molecular weight is 285 g/mol. The van der Waals surface area contributed by atoms with E-state index in [9.17, 15) is 0 Å². The molecule has 0 spiro atoms. The third-order valence-corrected chi connectivity index (χ3v) is 3.34. The Bertz CT molecular complexity index is 643. The molecule has 0 aliphatic carbocycles. The van der Waals surface area contributed by atoms with Gasteiger partial charge in [0.15, 0.2) is 0 Å². The zero-order valence-corrected chi connectivity index (χ0v) is 12.5. The number of hydrogen-bond donors (Lipinski definition) is 0. The van der Waals surface area contributed by atoms with Crippen LogP contribution in [0.3, 0.4) is 0 Å². The van der Waals surface area contributed by atoms with Gasteiger partial charge in [-0.2, -0.15) is 10.4 Å². The molecule has 5 nitrogen and oxygen atoms in total. The topological polar surface area (TPSA) is 60.1 Å². The first-order valence-electron chi connectivity index (χ1n) is 6.92. The minimum Gasteiger partial charge on any atom is -0.497 e. The number of aromatic nitrogens is 2. The largest absolute Gasteiger partial charge is 0.497 e. The van der Waals surface area contributed by atoms with Crippen LogP contribution >= 0.6 is 0 Å². The summed E-state index contributed by atoms with van der Waals surface area (Å²) in [7, 11) is 1.56. The fourth-order valence-corrected chi connectivity index (χ4v) is 1.88. The summed E-state index contributed by atoms with van der Waals surface area (Å²) in [5.41, 5.74) is 1.37. The Labute approximate surface area is 124 Å². The molecule has 0 radical (unpaired) electrons. The van der Waals surface area contributed by atoms with E-state index in [1.54, 1.807) is 25.3 Å². The van der Waals surface area contributed by atoms with Gasteiger partial charge in [0.25, 0.3) is 0 Å². The maximum absolute atomic E-state index is 8.98. The summed E-state index contributed by atoms with van der Waals surface area (Å²) in [6.45, 7) is 4.61. The molecule has 0 aliphatic heterocycles. The van der Waals surface area contributed by atoms with Gasteiger partial charge in [-0.1, -0.05) is 6.92 Å². The van der Waals surface area contributed by atoms with E-state index < -0.39 is 0 Å². The highest BCUT2D eigenvalue weighted by Crippen LogP contribution is 2.23. The van der Waals surface area contributed by atoms with Crippen molar-refractivity contribution in [3.63, 3.8) is 0 Å². The summed E-state index contributed by atoms with van der Waals surface area (Å²) in [4.78, 5) is 0. The number of benzene rings is 1. The van der Waals surface area contributed by atoms with E-state index in [0.29, 0.717) is 29.7 Å². The number of methoxy groups -OCH3 is 1. The van der Waals surface area contributed by atoms with Crippen LogP contribution in [-0.4, -0.2) is 16.9 Å². The maximum Gasteiger partial charge on any atom is 0.132 e. The molecule has 1 atom stereocenters. The predicted octanol–water partition coefficient (Wildman–Crippen LogP) is 3.31. The first kappa shape index (κ1) is 14.9. The van der Waals surface area contributed by atoms with E-state index in [1.165, 1.54) is 0 Å². The van der Waals surface area contributed by atoms with Gasteiger partial charge in [-0.3, -0.25) is 4.68 Å². The van der Waals surface area contributed by atoms with E-state index in [-0.39, 0.29) is 0 Å². The lowest BCUT2D eigenvalue weighted by Crippen LogP contribution is -2.05. The lowest BCUT2D eigenvalue weighted by molar-refractivity contribution is 0.296. The van der Waals surface area contributed by atoms with Crippen molar-refractivity contribution in [1.82, 2.24) is 9.78 Å². The Morgan fingerprint density at radius 3 is 2.76 bits per heavy atom. The molecule has 0 bridgehead atoms. The molecule has 1 aromatic heterocycles. The number of ether oxygens (including phenoxy) is 2. The van der Waals surface area contributed by atoms with Gasteiger partial charge in [-0.05, 0) is 31.5 Å². The lowest BCUT2D eigenvalue weighted by atomic mass is 10.2.